The molecule has 0 aliphatic carbocycles. The summed E-state index contributed by atoms with van der Waals surface area (Å²) in [6, 6.07) is -0.348. The standard InChI is InChI=1S/C18H22N4O4S2/c1-8-11(14(18(25)26)22-13(8)12(9(2)23)15(22)24)10-6-21-7-20(5-4-19)16(27-3)17(21)28-10/h6-9,12-13,23H,4-5,19H2,1-3H3/t8-,9+,12+,13+/m0/s1. The minimum atomic E-state index is -1.36. The van der Waals surface area contributed by atoms with Gasteiger partial charge in [0, 0.05) is 18.0 Å². The van der Waals surface area contributed by atoms with Gasteiger partial charge in [-0.2, -0.15) is 4.40 Å². The molecule has 4 atom stereocenters. The second-order valence-corrected chi connectivity index (χ2v) is 9.04. The average Bonchev–Trinajstić information content (AvgIpc) is 3.22. The summed E-state index contributed by atoms with van der Waals surface area (Å²) in [5.41, 5.74) is 6.23. The number of fused-ring (bicyclic) bond motifs is 2. The zero-order valence-electron chi connectivity index (χ0n) is 15.8. The monoisotopic (exact) mass is 422 g/mol. The van der Waals surface area contributed by atoms with E-state index < -0.39 is 18.0 Å². The molecule has 4 heterocycles. The van der Waals surface area contributed by atoms with Crippen LogP contribution in [0.25, 0.3) is 10.4 Å². The summed E-state index contributed by atoms with van der Waals surface area (Å²) >= 11 is 3.10. The third-order valence-electron chi connectivity index (χ3n) is 5.60. The third-order valence-corrected chi connectivity index (χ3v) is 7.69. The van der Waals surface area contributed by atoms with Crippen LogP contribution in [0.5, 0.6) is 0 Å². The third kappa shape index (κ3) is 2.55. The normalized spacial score (nSPS) is 25.4. The number of nitrogens with two attached hydrogens (primary N) is 1. The first-order chi connectivity index (χ1) is 13.3. The Morgan fingerprint density at radius 3 is 2.82 bits per heavy atom. The Labute approximate surface area is 170 Å². The van der Waals surface area contributed by atoms with Crippen LogP contribution in [-0.2, 0) is 16.1 Å². The van der Waals surface area contributed by atoms with Crippen molar-refractivity contribution < 1.29 is 24.4 Å². The van der Waals surface area contributed by atoms with Gasteiger partial charge in [0.05, 0.1) is 34.6 Å². The molecule has 4 rings (SSSR count). The first-order valence-corrected chi connectivity index (χ1v) is 11.1. The highest BCUT2D eigenvalue weighted by molar-refractivity contribution is 7.98. The minimum Gasteiger partial charge on any atom is -0.543 e. The highest BCUT2D eigenvalue weighted by Crippen LogP contribution is 2.51. The number of carbonyl (C=O) groups is 2. The molecule has 0 bridgehead atoms. The Morgan fingerprint density at radius 1 is 1.54 bits per heavy atom. The highest BCUT2D eigenvalue weighted by atomic mass is 32.2. The number of thioether (sulfide) groups is 1. The van der Waals surface area contributed by atoms with Crippen LogP contribution in [-0.4, -0.2) is 51.2 Å². The lowest BCUT2D eigenvalue weighted by Crippen LogP contribution is -2.64. The van der Waals surface area contributed by atoms with Gasteiger partial charge in [-0.15, -0.1) is 0 Å². The molecule has 0 radical (unpaired) electrons. The van der Waals surface area contributed by atoms with E-state index in [-0.39, 0.29) is 23.6 Å². The molecule has 3 N–H and O–H groups in total. The summed E-state index contributed by atoms with van der Waals surface area (Å²) in [6.07, 6.45) is 5.01. The number of carbonyl (C=O) groups excluding carboxylic acids is 2. The van der Waals surface area contributed by atoms with E-state index in [0.717, 1.165) is 14.7 Å². The quantitative estimate of drug-likeness (QED) is 0.361. The molecule has 150 valence electrons. The van der Waals surface area contributed by atoms with E-state index in [1.165, 1.54) is 16.2 Å². The maximum atomic E-state index is 12.5. The number of imidazole rings is 1. The molecule has 2 aliphatic heterocycles. The topological polar surface area (TPSA) is 115 Å². The van der Waals surface area contributed by atoms with Crippen LogP contribution in [0.15, 0.2) is 23.2 Å². The molecule has 2 aromatic heterocycles. The van der Waals surface area contributed by atoms with Gasteiger partial charge in [-0.1, -0.05) is 30.0 Å². The summed E-state index contributed by atoms with van der Waals surface area (Å²) in [5.74, 6) is -2.50. The largest absolute Gasteiger partial charge is 0.543 e. The lowest BCUT2D eigenvalue weighted by Gasteiger charge is -2.47. The van der Waals surface area contributed by atoms with Crippen LogP contribution in [0.1, 0.15) is 18.7 Å². The zero-order valence-corrected chi connectivity index (χ0v) is 17.4. The first kappa shape index (κ1) is 19.4. The smallest absolute Gasteiger partial charge is 0.250 e. The molecule has 0 unspecified atom stereocenters. The number of hydrogen-bond donors (Lipinski definition) is 2. The first-order valence-electron chi connectivity index (χ1n) is 9.06. The zero-order chi connectivity index (χ0) is 20.3. The molecule has 1 fully saturated rings. The number of β-lactam (4-membered cyclic amide) rings is 1. The van der Waals surface area contributed by atoms with Crippen molar-refractivity contribution in [1.29, 1.82) is 0 Å². The Morgan fingerprint density at radius 2 is 2.25 bits per heavy atom. The molecule has 0 spiro atoms. The van der Waals surface area contributed by atoms with Crippen molar-refractivity contribution in [3.8, 4) is 0 Å². The summed E-state index contributed by atoms with van der Waals surface area (Å²) in [4.78, 5) is 27.5. The van der Waals surface area contributed by atoms with Crippen LogP contribution >= 0.6 is 23.1 Å². The van der Waals surface area contributed by atoms with Crippen LogP contribution in [0.2, 0.25) is 0 Å². The second-order valence-electron chi connectivity index (χ2n) is 7.22. The van der Waals surface area contributed by atoms with Crippen LogP contribution in [0.3, 0.4) is 0 Å². The molecule has 0 aromatic carbocycles. The molecule has 1 amide bonds. The number of nitrogens with zero attached hydrogens (tertiary/aromatic N) is 3. The number of aliphatic carboxylic acids is 1. The molecule has 2 aliphatic rings. The Kier molecular flexibility index (Phi) is 4.77. The van der Waals surface area contributed by atoms with Gasteiger partial charge in [0.1, 0.15) is 12.7 Å². The lowest BCUT2D eigenvalue weighted by atomic mass is 9.77. The van der Waals surface area contributed by atoms with E-state index in [0.29, 0.717) is 18.7 Å². The fourth-order valence-electron chi connectivity index (χ4n) is 4.44. The number of amides is 1. The highest BCUT2D eigenvalue weighted by Gasteiger charge is 2.59. The Balaban J connectivity index is 1.83. The molecule has 8 nitrogen and oxygen atoms in total. The SMILES string of the molecule is CSc1c2sc(C3=C(C(=O)[O-])N4C(=O)[C@H]([C@@H](C)O)[C@H]4[C@H]3C)cn2c[n+]1CCN. The maximum Gasteiger partial charge on any atom is 0.250 e. The van der Waals surface area contributed by atoms with E-state index in [4.69, 9.17) is 5.73 Å². The molecule has 1 saturated heterocycles. The van der Waals surface area contributed by atoms with Crippen molar-refractivity contribution in [2.45, 2.75) is 37.6 Å². The summed E-state index contributed by atoms with van der Waals surface area (Å²) in [7, 11) is 0. The van der Waals surface area contributed by atoms with E-state index >= 15 is 0 Å². The van der Waals surface area contributed by atoms with Gasteiger partial charge in [-0.25, -0.2) is 4.57 Å². The molecule has 2 aromatic rings. The predicted octanol–water partition coefficient (Wildman–Crippen LogP) is -0.713. The van der Waals surface area contributed by atoms with Gasteiger partial charge in [-0.05, 0) is 13.2 Å². The van der Waals surface area contributed by atoms with Gasteiger partial charge in [-0.3, -0.25) is 4.79 Å². The van der Waals surface area contributed by atoms with Gasteiger partial charge in [0.15, 0.2) is 0 Å². The van der Waals surface area contributed by atoms with Crippen molar-refractivity contribution in [3.05, 3.63) is 23.1 Å². The number of thiazole rings is 1. The summed E-state index contributed by atoms with van der Waals surface area (Å²) < 4.78 is 4.05. The fraction of sp³-hybridized carbons (Fsp3) is 0.500. The van der Waals surface area contributed by atoms with E-state index in [2.05, 4.69) is 4.57 Å². The van der Waals surface area contributed by atoms with Crippen molar-refractivity contribution in [1.82, 2.24) is 9.30 Å². The number of aliphatic hydroxyl groups is 1. The van der Waals surface area contributed by atoms with Crippen LogP contribution in [0, 0.1) is 11.8 Å². The number of hydrogen-bond acceptors (Lipinski definition) is 7. The number of carboxylic acids is 1. The lowest BCUT2D eigenvalue weighted by molar-refractivity contribution is -0.727. The number of carboxylic acid groups (broad SMARTS) is 1. The van der Waals surface area contributed by atoms with Crippen molar-refractivity contribution in [2.75, 3.05) is 12.8 Å². The van der Waals surface area contributed by atoms with Gasteiger partial charge in [0.25, 0.3) is 6.33 Å². The van der Waals surface area contributed by atoms with Crippen molar-refractivity contribution in [2.24, 2.45) is 17.6 Å². The molecular weight excluding hydrogens is 400 g/mol. The van der Waals surface area contributed by atoms with Crippen molar-refractivity contribution >= 4 is 45.4 Å². The van der Waals surface area contributed by atoms with Gasteiger partial charge in [0.2, 0.25) is 15.8 Å². The van der Waals surface area contributed by atoms with Gasteiger partial charge >= 0.3 is 0 Å². The number of rotatable bonds is 6. The minimum absolute atomic E-state index is 0.0653. The molecular formula is C18H22N4O4S2. The maximum absolute atomic E-state index is 12.5. The van der Waals surface area contributed by atoms with Crippen LogP contribution < -0.4 is 15.4 Å². The molecule has 28 heavy (non-hydrogen) atoms. The van der Waals surface area contributed by atoms with E-state index in [1.54, 1.807) is 18.7 Å². The van der Waals surface area contributed by atoms with Gasteiger partial charge < -0.3 is 25.6 Å². The molecule has 0 saturated carbocycles. The Hall–Kier alpha value is -1.88. The predicted molar refractivity (Wildman–Crippen MR) is 103 cm³/mol. The summed E-state index contributed by atoms with van der Waals surface area (Å²) in [6.45, 7) is 4.70. The Bertz CT molecular complexity index is 1010. The second kappa shape index (κ2) is 6.87. The number of aromatic nitrogens is 2. The summed E-state index contributed by atoms with van der Waals surface area (Å²) in [5, 5.41) is 22.9. The van der Waals surface area contributed by atoms with E-state index in [9.17, 15) is 19.8 Å². The fourth-order valence-corrected chi connectivity index (χ4v) is 6.65. The van der Waals surface area contributed by atoms with E-state index in [1.807, 2.05) is 30.1 Å². The van der Waals surface area contributed by atoms with Crippen LogP contribution in [0.4, 0.5) is 0 Å². The van der Waals surface area contributed by atoms with Crippen molar-refractivity contribution in [3.63, 3.8) is 0 Å². The molecule has 10 heteroatoms. The average molecular weight is 423 g/mol. The number of aliphatic hydroxyl groups excluding tert-OH is 1.